The molecule has 0 aromatic rings. The SMILES string of the molecule is CCCCCCCCCCCCNC(=O)[C@H](CCCCN)NC(=O)CNC(=O)OC(C)(C)C. The highest BCUT2D eigenvalue weighted by Crippen LogP contribution is 2.10. The Kier molecular flexibility index (Phi) is 18.5. The zero-order valence-corrected chi connectivity index (χ0v) is 21.6. The molecule has 8 heteroatoms. The largest absolute Gasteiger partial charge is 0.444 e. The first kappa shape index (κ1) is 31.2. The van der Waals surface area contributed by atoms with Crippen LogP contribution in [0.5, 0.6) is 0 Å². The van der Waals surface area contributed by atoms with Gasteiger partial charge in [0.2, 0.25) is 11.8 Å². The van der Waals surface area contributed by atoms with Gasteiger partial charge < -0.3 is 26.4 Å². The number of ether oxygens (including phenoxy) is 1. The van der Waals surface area contributed by atoms with Crippen molar-refractivity contribution in [2.45, 2.75) is 123 Å². The molecule has 0 spiro atoms. The van der Waals surface area contributed by atoms with E-state index in [0.717, 1.165) is 25.7 Å². The van der Waals surface area contributed by atoms with E-state index >= 15 is 0 Å². The van der Waals surface area contributed by atoms with Gasteiger partial charge in [-0.3, -0.25) is 9.59 Å². The van der Waals surface area contributed by atoms with Crippen LogP contribution in [0.25, 0.3) is 0 Å². The molecule has 1 atom stereocenters. The quantitative estimate of drug-likeness (QED) is 0.211. The first-order valence-corrected chi connectivity index (χ1v) is 12.9. The molecule has 0 aromatic heterocycles. The summed E-state index contributed by atoms with van der Waals surface area (Å²) in [5, 5.41) is 8.08. The first-order valence-electron chi connectivity index (χ1n) is 12.9. The van der Waals surface area contributed by atoms with Gasteiger partial charge in [-0.1, -0.05) is 64.7 Å². The van der Waals surface area contributed by atoms with Crippen LogP contribution in [-0.2, 0) is 14.3 Å². The van der Waals surface area contributed by atoms with Crippen molar-refractivity contribution in [1.82, 2.24) is 16.0 Å². The number of alkyl carbamates (subject to hydrolysis) is 1. The molecule has 0 aromatic carbocycles. The monoisotopic (exact) mass is 470 g/mol. The minimum atomic E-state index is -0.664. The molecule has 0 rings (SSSR count). The predicted octanol–water partition coefficient (Wildman–Crippen LogP) is 4.16. The van der Waals surface area contributed by atoms with Gasteiger partial charge in [0.25, 0.3) is 0 Å². The van der Waals surface area contributed by atoms with Crippen molar-refractivity contribution in [2.75, 3.05) is 19.6 Å². The van der Waals surface area contributed by atoms with E-state index < -0.39 is 23.6 Å². The molecule has 0 bridgehead atoms. The van der Waals surface area contributed by atoms with Crippen LogP contribution in [-0.4, -0.2) is 49.2 Å². The first-order chi connectivity index (χ1) is 15.7. The predicted molar refractivity (Wildman–Crippen MR) is 134 cm³/mol. The molecule has 5 N–H and O–H groups in total. The van der Waals surface area contributed by atoms with Gasteiger partial charge in [-0.05, 0) is 53.0 Å². The molecular weight excluding hydrogens is 420 g/mol. The van der Waals surface area contributed by atoms with Crippen LogP contribution in [0.2, 0.25) is 0 Å². The van der Waals surface area contributed by atoms with Crippen molar-refractivity contribution in [3.05, 3.63) is 0 Å². The summed E-state index contributed by atoms with van der Waals surface area (Å²) >= 11 is 0. The van der Waals surface area contributed by atoms with Crippen LogP contribution in [0.1, 0.15) is 111 Å². The maximum absolute atomic E-state index is 12.6. The van der Waals surface area contributed by atoms with Gasteiger partial charge in [0.05, 0.1) is 0 Å². The third kappa shape index (κ3) is 20.5. The average Bonchev–Trinajstić information content (AvgIpc) is 2.74. The van der Waals surface area contributed by atoms with Crippen molar-refractivity contribution < 1.29 is 19.1 Å². The van der Waals surface area contributed by atoms with Gasteiger partial charge in [-0.25, -0.2) is 4.79 Å². The molecule has 0 radical (unpaired) electrons. The second-order valence-electron chi connectivity index (χ2n) is 9.73. The Morgan fingerprint density at radius 2 is 1.39 bits per heavy atom. The van der Waals surface area contributed by atoms with Gasteiger partial charge >= 0.3 is 6.09 Å². The number of carbonyl (C=O) groups is 3. The van der Waals surface area contributed by atoms with Crippen LogP contribution in [0, 0.1) is 0 Å². The molecular formula is C25H50N4O4. The topological polar surface area (TPSA) is 123 Å². The number of unbranched alkanes of at least 4 members (excludes halogenated alkanes) is 10. The summed E-state index contributed by atoms with van der Waals surface area (Å²) in [6.07, 6.45) is 13.8. The maximum Gasteiger partial charge on any atom is 0.408 e. The minimum Gasteiger partial charge on any atom is -0.444 e. The highest BCUT2D eigenvalue weighted by atomic mass is 16.6. The van der Waals surface area contributed by atoms with Crippen molar-refractivity contribution >= 4 is 17.9 Å². The second kappa shape index (κ2) is 19.6. The van der Waals surface area contributed by atoms with Crippen molar-refractivity contribution in [3.8, 4) is 0 Å². The highest BCUT2D eigenvalue weighted by molar-refractivity contribution is 5.89. The normalized spacial score (nSPS) is 12.2. The molecule has 0 saturated carbocycles. The lowest BCUT2D eigenvalue weighted by atomic mass is 10.1. The van der Waals surface area contributed by atoms with Crippen molar-refractivity contribution in [1.29, 1.82) is 0 Å². The van der Waals surface area contributed by atoms with Crippen LogP contribution in [0.3, 0.4) is 0 Å². The molecule has 194 valence electrons. The van der Waals surface area contributed by atoms with Crippen LogP contribution < -0.4 is 21.7 Å². The van der Waals surface area contributed by atoms with Gasteiger partial charge in [0.15, 0.2) is 0 Å². The van der Waals surface area contributed by atoms with E-state index in [0.29, 0.717) is 19.5 Å². The highest BCUT2D eigenvalue weighted by Gasteiger charge is 2.21. The molecule has 8 nitrogen and oxygen atoms in total. The summed E-state index contributed by atoms with van der Waals surface area (Å²) < 4.78 is 5.12. The maximum atomic E-state index is 12.6. The summed E-state index contributed by atoms with van der Waals surface area (Å²) in [6.45, 7) is 8.39. The molecule has 0 heterocycles. The summed E-state index contributed by atoms with van der Waals surface area (Å²) in [7, 11) is 0. The van der Waals surface area contributed by atoms with Crippen molar-refractivity contribution in [2.24, 2.45) is 5.73 Å². The van der Waals surface area contributed by atoms with Gasteiger partial charge in [-0.2, -0.15) is 0 Å². The molecule has 0 aliphatic rings. The Balaban J connectivity index is 4.17. The fourth-order valence-electron chi connectivity index (χ4n) is 3.42. The molecule has 0 aliphatic carbocycles. The van der Waals surface area contributed by atoms with Crippen LogP contribution in [0.15, 0.2) is 0 Å². The van der Waals surface area contributed by atoms with Gasteiger partial charge in [0, 0.05) is 6.54 Å². The Labute approximate surface area is 201 Å². The number of nitrogens with two attached hydrogens (primary N) is 1. The van der Waals surface area contributed by atoms with E-state index in [1.54, 1.807) is 20.8 Å². The lowest BCUT2D eigenvalue weighted by molar-refractivity contribution is -0.128. The molecule has 3 amide bonds. The Bertz CT molecular complexity index is 535. The van der Waals surface area contributed by atoms with Crippen molar-refractivity contribution in [3.63, 3.8) is 0 Å². The fourth-order valence-corrected chi connectivity index (χ4v) is 3.42. The number of amides is 3. The van der Waals surface area contributed by atoms with E-state index in [2.05, 4.69) is 22.9 Å². The Hall–Kier alpha value is -1.83. The Morgan fingerprint density at radius 1 is 0.818 bits per heavy atom. The summed E-state index contributed by atoms with van der Waals surface area (Å²) in [6, 6.07) is -0.632. The van der Waals surface area contributed by atoms with E-state index in [9.17, 15) is 14.4 Å². The number of nitrogens with one attached hydrogen (secondary N) is 3. The molecule has 0 aliphatic heterocycles. The fraction of sp³-hybridized carbons (Fsp3) is 0.880. The molecule has 0 fully saturated rings. The van der Waals surface area contributed by atoms with Crippen LogP contribution >= 0.6 is 0 Å². The standard InChI is InChI=1S/C25H50N4O4/c1-5-6-7-8-9-10-11-12-13-16-19-27-23(31)21(17-14-15-18-26)29-22(30)20-28-24(32)33-25(2,3)4/h21H,5-20,26H2,1-4H3,(H,27,31)(H,28,32)(H,29,30)/t21-/m0/s1. The number of rotatable bonds is 19. The Morgan fingerprint density at radius 3 is 1.94 bits per heavy atom. The molecule has 0 unspecified atom stereocenters. The number of carbonyl (C=O) groups excluding carboxylic acids is 3. The number of hydrogen-bond donors (Lipinski definition) is 4. The molecule has 0 saturated heterocycles. The lowest BCUT2D eigenvalue weighted by Crippen LogP contribution is -2.50. The van der Waals surface area contributed by atoms with Gasteiger partial charge in [0.1, 0.15) is 18.2 Å². The third-order valence-electron chi connectivity index (χ3n) is 5.22. The summed E-state index contributed by atoms with van der Waals surface area (Å²) in [4.78, 5) is 36.5. The zero-order chi connectivity index (χ0) is 25.0. The third-order valence-corrected chi connectivity index (χ3v) is 5.22. The summed E-state index contributed by atoms with van der Waals surface area (Å²) in [5.41, 5.74) is 4.91. The smallest absolute Gasteiger partial charge is 0.408 e. The van der Waals surface area contributed by atoms with E-state index in [4.69, 9.17) is 10.5 Å². The second-order valence-corrected chi connectivity index (χ2v) is 9.73. The lowest BCUT2D eigenvalue weighted by Gasteiger charge is -2.21. The van der Waals surface area contributed by atoms with Gasteiger partial charge in [-0.15, -0.1) is 0 Å². The van der Waals surface area contributed by atoms with E-state index in [1.807, 2.05) is 0 Å². The van der Waals surface area contributed by atoms with Crippen LogP contribution in [0.4, 0.5) is 4.79 Å². The molecule has 33 heavy (non-hydrogen) atoms. The zero-order valence-electron chi connectivity index (χ0n) is 21.6. The van der Waals surface area contributed by atoms with E-state index in [-0.39, 0.29) is 12.5 Å². The van der Waals surface area contributed by atoms with E-state index in [1.165, 1.54) is 51.4 Å². The summed E-state index contributed by atoms with van der Waals surface area (Å²) in [5.74, 6) is -0.610. The average molecular weight is 471 g/mol. The number of hydrogen-bond acceptors (Lipinski definition) is 5. The minimum absolute atomic E-state index is 0.187.